The van der Waals surface area contributed by atoms with Crippen LogP contribution in [0.4, 0.5) is 5.69 Å². The van der Waals surface area contributed by atoms with Crippen LogP contribution in [-0.2, 0) is 0 Å². The van der Waals surface area contributed by atoms with Gasteiger partial charge in [-0.3, -0.25) is 4.90 Å². The van der Waals surface area contributed by atoms with Gasteiger partial charge in [0.15, 0.2) is 11.5 Å². The van der Waals surface area contributed by atoms with Gasteiger partial charge in [0.25, 0.3) is 5.89 Å². The van der Waals surface area contributed by atoms with Gasteiger partial charge in [-0.1, -0.05) is 5.16 Å². The molecule has 0 aromatic carbocycles. The number of pyridine rings is 1. The lowest BCUT2D eigenvalue weighted by Gasteiger charge is -2.35. The van der Waals surface area contributed by atoms with Crippen molar-refractivity contribution >= 4 is 5.69 Å². The van der Waals surface area contributed by atoms with E-state index in [4.69, 9.17) is 10.3 Å². The summed E-state index contributed by atoms with van der Waals surface area (Å²) >= 11 is 0. The maximum atomic E-state index is 5.88. The fraction of sp³-hybridized carbons (Fsp3) is 0.462. The Morgan fingerprint density at radius 1 is 1.35 bits per heavy atom. The maximum absolute atomic E-state index is 5.88. The fourth-order valence-electron chi connectivity index (χ4n) is 2.35. The molecule has 0 aliphatic carbocycles. The summed E-state index contributed by atoms with van der Waals surface area (Å²) in [6, 6.07) is 3.68. The summed E-state index contributed by atoms with van der Waals surface area (Å²) in [6.07, 6.45) is 1.66. The number of hydrogen-bond acceptors (Lipinski definition) is 7. The van der Waals surface area contributed by atoms with Crippen molar-refractivity contribution < 1.29 is 4.52 Å². The Morgan fingerprint density at radius 3 is 3.00 bits per heavy atom. The second-order valence-electron chi connectivity index (χ2n) is 5.16. The van der Waals surface area contributed by atoms with Crippen LogP contribution < -0.4 is 5.73 Å². The summed E-state index contributed by atoms with van der Waals surface area (Å²) in [5.74, 6) is 1.05. The molecule has 1 atom stereocenters. The molecule has 1 aliphatic heterocycles. The van der Waals surface area contributed by atoms with Gasteiger partial charge in [0.2, 0.25) is 0 Å². The number of nitrogens with zero attached hydrogens (tertiary/aromatic N) is 5. The van der Waals surface area contributed by atoms with Crippen molar-refractivity contribution in [2.24, 2.45) is 0 Å². The van der Waals surface area contributed by atoms with Gasteiger partial charge in [0.1, 0.15) is 0 Å². The molecule has 0 bridgehead atoms. The fourth-order valence-corrected chi connectivity index (χ4v) is 2.35. The number of nitrogens with two attached hydrogens (primary N) is 1. The van der Waals surface area contributed by atoms with Gasteiger partial charge in [-0.15, -0.1) is 0 Å². The van der Waals surface area contributed by atoms with Crippen LogP contribution in [0.3, 0.4) is 0 Å². The van der Waals surface area contributed by atoms with E-state index in [-0.39, 0.29) is 6.04 Å². The molecule has 0 amide bonds. The molecule has 3 rings (SSSR count). The zero-order chi connectivity index (χ0) is 14.1. The van der Waals surface area contributed by atoms with E-state index in [0.29, 0.717) is 23.1 Å². The van der Waals surface area contributed by atoms with Crippen LogP contribution in [0.1, 0.15) is 11.9 Å². The van der Waals surface area contributed by atoms with Crippen molar-refractivity contribution in [3.05, 3.63) is 24.2 Å². The average Bonchev–Trinajstić information content (AvgIpc) is 2.91. The van der Waals surface area contributed by atoms with E-state index in [9.17, 15) is 0 Å². The molecule has 7 nitrogen and oxygen atoms in total. The molecule has 0 radical (unpaired) electrons. The SMILES string of the molecule is CN1CCN(C)C(c2noc(-c3ncccc3N)n2)C1. The number of hydrogen-bond donors (Lipinski definition) is 1. The lowest BCUT2D eigenvalue weighted by molar-refractivity contribution is 0.108. The Hall–Kier alpha value is -1.99. The molecule has 1 saturated heterocycles. The number of anilines is 1. The number of nitrogen functional groups attached to an aromatic ring is 1. The third-order valence-electron chi connectivity index (χ3n) is 3.63. The predicted octanol–water partition coefficient (Wildman–Crippen LogP) is 0.632. The Kier molecular flexibility index (Phi) is 3.37. The van der Waals surface area contributed by atoms with Crippen molar-refractivity contribution in [1.82, 2.24) is 24.9 Å². The molecule has 3 heterocycles. The van der Waals surface area contributed by atoms with Gasteiger partial charge >= 0.3 is 0 Å². The van der Waals surface area contributed by atoms with Crippen LogP contribution in [0.15, 0.2) is 22.9 Å². The monoisotopic (exact) mass is 274 g/mol. The molecule has 1 unspecified atom stereocenters. The predicted molar refractivity (Wildman–Crippen MR) is 74.8 cm³/mol. The standard InChI is InChI=1S/C13H18N6O/c1-18-6-7-19(2)10(8-18)12-16-13(20-17-12)11-9(14)4-3-5-15-11/h3-5,10H,6-8,14H2,1-2H3. The first-order chi connectivity index (χ1) is 9.65. The van der Waals surface area contributed by atoms with Gasteiger partial charge in [0.05, 0.1) is 11.7 Å². The van der Waals surface area contributed by atoms with Crippen molar-refractivity contribution in [2.75, 3.05) is 39.5 Å². The Labute approximate surface area is 117 Å². The third kappa shape index (κ3) is 2.37. The first-order valence-electron chi connectivity index (χ1n) is 6.58. The van der Waals surface area contributed by atoms with Crippen LogP contribution >= 0.6 is 0 Å². The first-order valence-corrected chi connectivity index (χ1v) is 6.58. The minimum absolute atomic E-state index is 0.135. The molecule has 0 saturated carbocycles. The van der Waals surface area contributed by atoms with Crippen molar-refractivity contribution in [1.29, 1.82) is 0 Å². The van der Waals surface area contributed by atoms with Crippen molar-refractivity contribution in [2.45, 2.75) is 6.04 Å². The van der Waals surface area contributed by atoms with Gasteiger partial charge in [0, 0.05) is 25.8 Å². The summed E-state index contributed by atoms with van der Waals surface area (Å²) in [4.78, 5) is 13.1. The van der Waals surface area contributed by atoms with Crippen LogP contribution in [-0.4, -0.2) is 58.7 Å². The quantitative estimate of drug-likeness (QED) is 0.859. The zero-order valence-corrected chi connectivity index (χ0v) is 11.7. The van der Waals surface area contributed by atoms with E-state index in [1.807, 2.05) is 0 Å². The third-order valence-corrected chi connectivity index (χ3v) is 3.63. The number of likely N-dealkylation sites (N-methyl/N-ethyl adjacent to an activating group) is 2. The molecule has 2 N–H and O–H groups in total. The van der Waals surface area contributed by atoms with Crippen LogP contribution in [0.5, 0.6) is 0 Å². The highest BCUT2D eigenvalue weighted by molar-refractivity contribution is 5.65. The van der Waals surface area contributed by atoms with Crippen LogP contribution in [0, 0.1) is 0 Å². The summed E-state index contributed by atoms with van der Waals surface area (Å²) in [6.45, 7) is 2.91. The first kappa shape index (κ1) is 13.0. The smallest absolute Gasteiger partial charge is 0.278 e. The molecule has 106 valence electrons. The highest BCUT2D eigenvalue weighted by Crippen LogP contribution is 2.25. The van der Waals surface area contributed by atoms with Gasteiger partial charge in [-0.05, 0) is 26.2 Å². The van der Waals surface area contributed by atoms with E-state index in [1.54, 1.807) is 18.3 Å². The van der Waals surface area contributed by atoms with Crippen LogP contribution in [0.2, 0.25) is 0 Å². The van der Waals surface area contributed by atoms with E-state index < -0.39 is 0 Å². The Morgan fingerprint density at radius 2 is 2.20 bits per heavy atom. The lowest BCUT2D eigenvalue weighted by Crippen LogP contribution is -2.45. The van der Waals surface area contributed by atoms with E-state index in [1.165, 1.54) is 0 Å². The molecular weight excluding hydrogens is 256 g/mol. The molecule has 0 spiro atoms. The van der Waals surface area contributed by atoms with Crippen molar-refractivity contribution in [3.8, 4) is 11.6 Å². The highest BCUT2D eigenvalue weighted by Gasteiger charge is 2.28. The summed E-state index contributed by atoms with van der Waals surface area (Å²) in [7, 11) is 4.17. The van der Waals surface area contributed by atoms with E-state index >= 15 is 0 Å². The average molecular weight is 274 g/mol. The second-order valence-corrected chi connectivity index (χ2v) is 5.16. The molecule has 2 aromatic rings. The molecule has 2 aromatic heterocycles. The second kappa shape index (κ2) is 5.18. The summed E-state index contributed by atoms with van der Waals surface area (Å²) in [5, 5.41) is 4.09. The molecule has 20 heavy (non-hydrogen) atoms. The Balaban J connectivity index is 1.88. The molecule has 7 heteroatoms. The minimum atomic E-state index is 0.135. The summed E-state index contributed by atoms with van der Waals surface area (Å²) in [5.41, 5.74) is 6.96. The lowest BCUT2D eigenvalue weighted by atomic mass is 10.2. The minimum Gasteiger partial charge on any atom is -0.397 e. The Bertz CT molecular complexity index is 598. The summed E-state index contributed by atoms with van der Waals surface area (Å²) < 4.78 is 5.32. The molecule has 1 fully saturated rings. The molecule has 1 aliphatic rings. The van der Waals surface area contributed by atoms with Crippen molar-refractivity contribution in [3.63, 3.8) is 0 Å². The maximum Gasteiger partial charge on any atom is 0.278 e. The normalized spacial score (nSPS) is 21.2. The molecular formula is C13H18N6O. The van der Waals surface area contributed by atoms with Gasteiger partial charge in [-0.25, -0.2) is 4.98 Å². The highest BCUT2D eigenvalue weighted by atomic mass is 16.5. The van der Waals surface area contributed by atoms with Gasteiger partial charge < -0.3 is 15.2 Å². The van der Waals surface area contributed by atoms with Crippen LogP contribution in [0.25, 0.3) is 11.6 Å². The largest absolute Gasteiger partial charge is 0.397 e. The number of rotatable bonds is 2. The van der Waals surface area contributed by atoms with Gasteiger partial charge in [-0.2, -0.15) is 4.98 Å². The number of piperazine rings is 1. The zero-order valence-electron chi connectivity index (χ0n) is 11.7. The van der Waals surface area contributed by atoms with E-state index in [2.05, 4.69) is 39.0 Å². The van der Waals surface area contributed by atoms with E-state index in [0.717, 1.165) is 19.6 Å². The number of aromatic nitrogens is 3. The topological polar surface area (TPSA) is 84.3 Å².